The number of aromatic nitrogens is 1. The first-order chi connectivity index (χ1) is 9.20. The van der Waals surface area contributed by atoms with Crippen LogP contribution >= 0.6 is 0 Å². The second-order valence-corrected chi connectivity index (χ2v) is 5.75. The maximum absolute atomic E-state index is 5.92. The molecule has 4 nitrogen and oxygen atoms in total. The summed E-state index contributed by atoms with van der Waals surface area (Å²) in [5, 5.41) is 0. The number of hydrogen-bond acceptors (Lipinski definition) is 4. The van der Waals surface area contributed by atoms with Gasteiger partial charge in [0.25, 0.3) is 0 Å². The predicted molar refractivity (Wildman–Crippen MR) is 76.4 cm³/mol. The maximum atomic E-state index is 5.92. The number of pyridine rings is 1. The molecule has 0 spiro atoms. The second-order valence-electron chi connectivity index (χ2n) is 5.75. The van der Waals surface area contributed by atoms with E-state index in [-0.39, 0.29) is 11.6 Å². The third-order valence-corrected chi connectivity index (χ3v) is 4.42. The summed E-state index contributed by atoms with van der Waals surface area (Å²) in [5.41, 5.74) is 4.09. The van der Waals surface area contributed by atoms with Crippen molar-refractivity contribution in [3.05, 3.63) is 30.1 Å². The van der Waals surface area contributed by atoms with Gasteiger partial charge in [-0.15, -0.1) is 0 Å². The molecule has 2 rings (SSSR count). The summed E-state index contributed by atoms with van der Waals surface area (Å²) in [6.07, 6.45) is 9.18. The SMILES string of the molecule is COC1(C(Cc2ccncc2)NN)CCCC(C)C1. The number of rotatable bonds is 5. The Morgan fingerprint density at radius 2 is 2.26 bits per heavy atom. The van der Waals surface area contributed by atoms with E-state index in [1.807, 2.05) is 31.6 Å². The highest BCUT2D eigenvalue weighted by Crippen LogP contribution is 2.38. The zero-order chi connectivity index (χ0) is 13.7. The summed E-state index contributed by atoms with van der Waals surface area (Å²) in [6, 6.07) is 4.22. The normalized spacial score (nSPS) is 29.1. The largest absolute Gasteiger partial charge is 0.377 e. The minimum absolute atomic E-state index is 0.141. The van der Waals surface area contributed by atoms with Gasteiger partial charge in [-0.1, -0.05) is 19.8 Å². The van der Waals surface area contributed by atoms with Crippen LogP contribution < -0.4 is 11.3 Å². The van der Waals surface area contributed by atoms with E-state index in [4.69, 9.17) is 10.6 Å². The molecule has 1 aromatic heterocycles. The van der Waals surface area contributed by atoms with Gasteiger partial charge in [-0.3, -0.25) is 16.3 Å². The van der Waals surface area contributed by atoms with Crippen molar-refractivity contribution in [1.29, 1.82) is 0 Å². The van der Waals surface area contributed by atoms with Crippen molar-refractivity contribution in [2.24, 2.45) is 11.8 Å². The Balaban J connectivity index is 2.14. The lowest BCUT2D eigenvalue weighted by molar-refractivity contribution is -0.0791. The number of nitrogens with zero attached hydrogens (tertiary/aromatic N) is 1. The zero-order valence-electron chi connectivity index (χ0n) is 11.9. The first-order valence-electron chi connectivity index (χ1n) is 7.10. The molecule has 0 aliphatic heterocycles. The number of hydrazine groups is 1. The van der Waals surface area contributed by atoms with Crippen LogP contribution in [0.2, 0.25) is 0 Å². The molecular formula is C15H25N3O. The fraction of sp³-hybridized carbons (Fsp3) is 0.667. The second kappa shape index (κ2) is 6.46. The highest BCUT2D eigenvalue weighted by atomic mass is 16.5. The molecule has 0 aromatic carbocycles. The molecule has 1 saturated carbocycles. The average molecular weight is 263 g/mol. The van der Waals surface area contributed by atoms with Crippen LogP contribution in [0.3, 0.4) is 0 Å². The molecule has 0 bridgehead atoms. The van der Waals surface area contributed by atoms with E-state index < -0.39 is 0 Å². The summed E-state index contributed by atoms with van der Waals surface area (Å²) in [4.78, 5) is 4.06. The van der Waals surface area contributed by atoms with Gasteiger partial charge in [0.2, 0.25) is 0 Å². The number of nitrogens with two attached hydrogens (primary N) is 1. The fourth-order valence-corrected chi connectivity index (χ4v) is 3.34. The smallest absolute Gasteiger partial charge is 0.0850 e. The standard InChI is InChI=1S/C15H25N3O/c1-12-4-3-7-15(11-12,19-2)14(18-16)10-13-5-8-17-9-6-13/h5-6,8-9,12,14,18H,3-4,7,10-11,16H2,1-2H3. The van der Waals surface area contributed by atoms with Crippen molar-refractivity contribution in [3.8, 4) is 0 Å². The van der Waals surface area contributed by atoms with E-state index in [0.717, 1.165) is 19.3 Å². The van der Waals surface area contributed by atoms with E-state index >= 15 is 0 Å². The molecule has 4 heteroatoms. The summed E-state index contributed by atoms with van der Waals surface area (Å²) in [6.45, 7) is 2.30. The Morgan fingerprint density at radius 3 is 2.84 bits per heavy atom. The van der Waals surface area contributed by atoms with Crippen LogP contribution in [-0.2, 0) is 11.2 Å². The average Bonchev–Trinajstić information content (AvgIpc) is 2.45. The minimum atomic E-state index is -0.143. The minimum Gasteiger partial charge on any atom is -0.377 e. The summed E-state index contributed by atoms with van der Waals surface area (Å²) in [5.74, 6) is 6.51. The number of ether oxygens (including phenoxy) is 1. The monoisotopic (exact) mass is 263 g/mol. The van der Waals surface area contributed by atoms with Crippen LogP contribution in [0.5, 0.6) is 0 Å². The summed E-state index contributed by atoms with van der Waals surface area (Å²) < 4.78 is 5.92. The van der Waals surface area contributed by atoms with Gasteiger partial charge >= 0.3 is 0 Å². The summed E-state index contributed by atoms with van der Waals surface area (Å²) in [7, 11) is 1.81. The highest BCUT2D eigenvalue weighted by Gasteiger charge is 2.41. The van der Waals surface area contributed by atoms with Crippen LogP contribution in [0.15, 0.2) is 24.5 Å². The highest BCUT2D eigenvalue weighted by molar-refractivity contribution is 5.14. The first kappa shape index (κ1) is 14.4. The van der Waals surface area contributed by atoms with Crippen LogP contribution in [-0.4, -0.2) is 23.7 Å². The molecule has 1 aliphatic rings. The van der Waals surface area contributed by atoms with Crippen molar-refractivity contribution >= 4 is 0 Å². The quantitative estimate of drug-likeness (QED) is 0.630. The molecule has 19 heavy (non-hydrogen) atoms. The van der Waals surface area contributed by atoms with Crippen molar-refractivity contribution in [2.75, 3.05) is 7.11 Å². The van der Waals surface area contributed by atoms with Crippen molar-refractivity contribution in [3.63, 3.8) is 0 Å². The van der Waals surface area contributed by atoms with E-state index in [1.54, 1.807) is 0 Å². The van der Waals surface area contributed by atoms with Gasteiger partial charge in [-0.05, 0) is 42.9 Å². The van der Waals surface area contributed by atoms with Crippen molar-refractivity contribution in [2.45, 2.75) is 50.7 Å². The lowest BCUT2D eigenvalue weighted by Crippen LogP contribution is -2.57. The van der Waals surface area contributed by atoms with Gasteiger partial charge in [0.1, 0.15) is 0 Å². The van der Waals surface area contributed by atoms with Crippen LogP contribution in [0.25, 0.3) is 0 Å². The van der Waals surface area contributed by atoms with E-state index in [0.29, 0.717) is 5.92 Å². The molecule has 0 radical (unpaired) electrons. The Hall–Kier alpha value is -0.970. The van der Waals surface area contributed by atoms with Gasteiger partial charge in [0.15, 0.2) is 0 Å². The van der Waals surface area contributed by atoms with Crippen LogP contribution in [0.1, 0.15) is 38.2 Å². The molecule has 1 fully saturated rings. The molecule has 1 aromatic rings. The molecule has 3 N–H and O–H groups in total. The van der Waals surface area contributed by atoms with Gasteiger partial charge in [-0.25, -0.2) is 0 Å². The Labute approximate surface area is 115 Å². The molecule has 3 atom stereocenters. The van der Waals surface area contributed by atoms with Crippen LogP contribution in [0.4, 0.5) is 0 Å². The molecule has 0 amide bonds. The third kappa shape index (κ3) is 3.32. The zero-order valence-corrected chi connectivity index (χ0v) is 11.9. The first-order valence-corrected chi connectivity index (χ1v) is 7.10. The van der Waals surface area contributed by atoms with Crippen LogP contribution in [0, 0.1) is 5.92 Å². The van der Waals surface area contributed by atoms with Crippen molar-refractivity contribution in [1.82, 2.24) is 10.4 Å². The van der Waals surface area contributed by atoms with Crippen molar-refractivity contribution < 1.29 is 4.74 Å². The predicted octanol–water partition coefficient (Wildman–Crippen LogP) is 2.05. The van der Waals surface area contributed by atoms with Gasteiger partial charge in [0, 0.05) is 19.5 Å². The number of hydrogen-bond donors (Lipinski definition) is 2. The number of nitrogens with one attached hydrogen (secondary N) is 1. The van der Waals surface area contributed by atoms with Gasteiger partial charge < -0.3 is 4.74 Å². The molecule has 0 saturated heterocycles. The maximum Gasteiger partial charge on any atom is 0.0850 e. The molecular weight excluding hydrogens is 238 g/mol. The van der Waals surface area contributed by atoms with Gasteiger partial charge in [0.05, 0.1) is 11.6 Å². The number of methoxy groups -OCH3 is 1. The Morgan fingerprint density at radius 1 is 1.53 bits per heavy atom. The molecule has 1 heterocycles. The Bertz CT molecular complexity index is 384. The topological polar surface area (TPSA) is 60.2 Å². The third-order valence-electron chi connectivity index (χ3n) is 4.42. The summed E-state index contributed by atoms with van der Waals surface area (Å²) >= 11 is 0. The Kier molecular flexibility index (Phi) is 4.91. The lowest BCUT2D eigenvalue weighted by Gasteiger charge is -2.44. The van der Waals surface area contributed by atoms with E-state index in [9.17, 15) is 0 Å². The van der Waals surface area contributed by atoms with E-state index in [2.05, 4.69) is 17.3 Å². The molecule has 3 unspecified atom stereocenters. The lowest BCUT2D eigenvalue weighted by atomic mass is 9.73. The molecule has 106 valence electrons. The molecule has 1 aliphatic carbocycles. The fourth-order valence-electron chi connectivity index (χ4n) is 3.34. The van der Waals surface area contributed by atoms with Gasteiger partial charge in [-0.2, -0.15) is 0 Å². The van der Waals surface area contributed by atoms with E-state index in [1.165, 1.54) is 18.4 Å².